The Morgan fingerprint density at radius 1 is 0.909 bits per heavy atom. The Morgan fingerprint density at radius 2 is 1.55 bits per heavy atom. The van der Waals surface area contributed by atoms with Gasteiger partial charge in [-0.1, -0.05) is 13.8 Å². The molecule has 3 fully saturated rings. The minimum absolute atomic E-state index is 0.0339. The number of piperidine rings is 1. The molecule has 1 saturated carbocycles. The van der Waals surface area contributed by atoms with Crippen molar-refractivity contribution in [3.8, 4) is 0 Å². The molecule has 0 aromatic carbocycles. The van der Waals surface area contributed by atoms with Crippen LogP contribution >= 0.6 is 0 Å². The van der Waals surface area contributed by atoms with Gasteiger partial charge in [-0.05, 0) is 0 Å². The third-order valence-corrected chi connectivity index (χ3v) is 5.73. The standard InChI is InChI=1S/C18H15F7N6.C2H6/c19-16(20)7-31(8-16)9-1-13(28-14-4-26-12(3-27-14)18(23,24)25)29-15(2-9)30-5-10-11(6-30)17(10,21)22;1-2/h1-4,10-11H,5-8H2,(H,27,28,29);1-2H3. The SMILES string of the molecule is CC.FC1(F)CN(c2cc(Nc3cnc(C(F)(F)F)cn3)nc(N3CC4C(C3)C4(F)F)c2)C1. The Hall–Kier alpha value is -2.86. The Bertz CT molecular complexity index is 989. The maximum atomic E-state index is 13.5. The Morgan fingerprint density at radius 3 is 2.06 bits per heavy atom. The first kappa shape index (κ1) is 23.3. The molecular weight excluding hydrogens is 457 g/mol. The highest BCUT2D eigenvalue weighted by molar-refractivity contribution is 5.67. The number of nitrogens with one attached hydrogen (secondary N) is 1. The van der Waals surface area contributed by atoms with E-state index in [-0.39, 0.29) is 24.7 Å². The van der Waals surface area contributed by atoms with E-state index in [1.165, 1.54) is 11.0 Å². The average molecular weight is 478 g/mol. The van der Waals surface area contributed by atoms with Crippen molar-refractivity contribution in [1.29, 1.82) is 0 Å². The maximum Gasteiger partial charge on any atom is 0.434 e. The molecule has 3 aliphatic rings. The highest BCUT2D eigenvalue weighted by atomic mass is 19.4. The number of fused-ring (bicyclic) bond motifs is 1. The molecule has 2 aromatic heterocycles. The molecule has 2 atom stereocenters. The first-order valence-corrected chi connectivity index (χ1v) is 10.4. The molecule has 2 unspecified atom stereocenters. The Labute approximate surface area is 184 Å². The fraction of sp³-hybridized carbons (Fsp3) is 0.550. The molecule has 6 nitrogen and oxygen atoms in total. The van der Waals surface area contributed by atoms with Crippen LogP contribution in [-0.2, 0) is 6.18 Å². The lowest BCUT2D eigenvalue weighted by atomic mass is 10.1. The maximum absolute atomic E-state index is 13.5. The zero-order valence-electron chi connectivity index (χ0n) is 17.7. The van der Waals surface area contributed by atoms with E-state index in [4.69, 9.17) is 0 Å². The van der Waals surface area contributed by atoms with Crippen molar-refractivity contribution < 1.29 is 30.7 Å². The predicted molar refractivity (Wildman–Crippen MR) is 107 cm³/mol. The summed E-state index contributed by atoms with van der Waals surface area (Å²) < 4.78 is 91.6. The second-order valence-corrected chi connectivity index (χ2v) is 7.98. The molecule has 4 heterocycles. The molecule has 1 N–H and O–H groups in total. The van der Waals surface area contributed by atoms with E-state index < -0.39 is 48.6 Å². The summed E-state index contributed by atoms with van der Waals surface area (Å²) in [6, 6.07) is 2.99. The van der Waals surface area contributed by atoms with Crippen LogP contribution in [0.1, 0.15) is 19.5 Å². The van der Waals surface area contributed by atoms with Crippen molar-refractivity contribution in [2.75, 3.05) is 41.3 Å². The van der Waals surface area contributed by atoms with Crippen molar-refractivity contribution in [2.24, 2.45) is 11.8 Å². The number of halogens is 7. The van der Waals surface area contributed by atoms with E-state index in [0.29, 0.717) is 17.7 Å². The predicted octanol–water partition coefficient (Wildman–Crippen LogP) is 4.82. The highest BCUT2D eigenvalue weighted by Crippen LogP contribution is 2.59. The van der Waals surface area contributed by atoms with Gasteiger partial charge in [0.05, 0.1) is 37.3 Å². The molecule has 180 valence electrons. The van der Waals surface area contributed by atoms with E-state index in [9.17, 15) is 30.7 Å². The molecule has 13 heteroatoms. The van der Waals surface area contributed by atoms with Crippen molar-refractivity contribution in [3.05, 3.63) is 30.2 Å². The zero-order valence-corrected chi connectivity index (χ0v) is 17.7. The quantitative estimate of drug-likeness (QED) is 0.637. The van der Waals surface area contributed by atoms with Crippen LogP contribution in [0.4, 0.5) is 53.9 Å². The van der Waals surface area contributed by atoms with Crippen LogP contribution in [-0.4, -0.2) is 53.0 Å². The van der Waals surface area contributed by atoms with Gasteiger partial charge in [-0.15, -0.1) is 0 Å². The van der Waals surface area contributed by atoms with Gasteiger partial charge in [-0.3, -0.25) is 0 Å². The lowest BCUT2D eigenvalue weighted by molar-refractivity contribution is -0.141. The van der Waals surface area contributed by atoms with Gasteiger partial charge in [0.15, 0.2) is 5.69 Å². The van der Waals surface area contributed by atoms with Gasteiger partial charge >= 0.3 is 6.18 Å². The molecule has 33 heavy (non-hydrogen) atoms. The highest BCUT2D eigenvalue weighted by Gasteiger charge is 2.71. The van der Waals surface area contributed by atoms with E-state index in [2.05, 4.69) is 20.3 Å². The van der Waals surface area contributed by atoms with Gasteiger partial charge in [0.2, 0.25) is 0 Å². The lowest BCUT2D eigenvalue weighted by Crippen LogP contribution is -2.56. The van der Waals surface area contributed by atoms with Gasteiger partial charge in [0.1, 0.15) is 17.5 Å². The van der Waals surface area contributed by atoms with Gasteiger partial charge in [0, 0.05) is 30.9 Å². The minimum Gasteiger partial charge on any atom is -0.359 e. The number of aromatic nitrogens is 3. The van der Waals surface area contributed by atoms with Crippen molar-refractivity contribution in [2.45, 2.75) is 31.9 Å². The summed E-state index contributed by atoms with van der Waals surface area (Å²) in [5, 5.41) is 2.71. The van der Waals surface area contributed by atoms with E-state index >= 15 is 0 Å². The second kappa shape index (κ2) is 7.87. The molecule has 5 rings (SSSR count). The summed E-state index contributed by atoms with van der Waals surface area (Å²) in [5.41, 5.74) is -0.772. The molecule has 0 spiro atoms. The largest absolute Gasteiger partial charge is 0.434 e. The minimum atomic E-state index is -4.64. The third-order valence-electron chi connectivity index (χ3n) is 5.73. The number of alkyl halides is 7. The fourth-order valence-corrected chi connectivity index (χ4v) is 3.97. The molecule has 2 saturated heterocycles. The Balaban J connectivity index is 0.00000126. The zero-order chi connectivity index (χ0) is 24.2. The molecule has 2 aromatic rings. The fourth-order valence-electron chi connectivity index (χ4n) is 3.97. The van der Waals surface area contributed by atoms with E-state index in [1.807, 2.05) is 13.8 Å². The van der Waals surface area contributed by atoms with Gasteiger partial charge in [-0.2, -0.15) is 13.2 Å². The van der Waals surface area contributed by atoms with Crippen LogP contribution in [0, 0.1) is 11.8 Å². The van der Waals surface area contributed by atoms with Gasteiger partial charge < -0.3 is 15.1 Å². The van der Waals surface area contributed by atoms with Crippen molar-refractivity contribution >= 4 is 23.1 Å². The average Bonchev–Trinajstić information content (AvgIpc) is 3.07. The second-order valence-electron chi connectivity index (χ2n) is 7.98. The van der Waals surface area contributed by atoms with Crippen LogP contribution in [0.15, 0.2) is 24.5 Å². The number of anilines is 4. The van der Waals surface area contributed by atoms with Crippen LogP contribution in [0.2, 0.25) is 0 Å². The molecular formula is C20H21F7N6. The monoisotopic (exact) mass is 478 g/mol. The summed E-state index contributed by atoms with van der Waals surface area (Å²) >= 11 is 0. The summed E-state index contributed by atoms with van der Waals surface area (Å²) in [5.74, 6) is -6.62. The molecule has 1 aliphatic carbocycles. The van der Waals surface area contributed by atoms with E-state index in [0.717, 1.165) is 6.20 Å². The number of rotatable bonds is 4. The van der Waals surface area contributed by atoms with Crippen LogP contribution < -0.4 is 15.1 Å². The number of nitrogens with zero attached hydrogens (tertiary/aromatic N) is 5. The Kier molecular flexibility index (Phi) is 5.56. The summed E-state index contributed by atoms with van der Waals surface area (Å²) in [7, 11) is 0. The molecule has 2 aliphatic heterocycles. The molecule has 0 amide bonds. The topological polar surface area (TPSA) is 57.2 Å². The van der Waals surface area contributed by atoms with Gasteiger partial charge in [0.25, 0.3) is 11.8 Å². The van der Waals surface area contributed by atoms with Crippen molar-refractivity contribution in [3.63, 3.8) is 0 Å². The number of hydrogen-bond acceptors (Lipinski definition) is 6. The third kappa shape index (κ3) is 4.49. The number of pyridine rings is 1. The summed E-state index contributed by atoms with van der Waals surface area (Å²) in [6.07, 6.45) is -3.21. The van der Waals surface area contributed by atoms with Gasteiger partial charge in [-0.25, -0.2) is 32.5 Å². The van der Waals surface area contributed by atoms with Crippen LogP contribution in [0.5, 0.6) is 0 Å². The summed E-state index contributed by atoms with van der Waals surface area (Å²) in [4.78, 5) is 14.3. The van der Waals surface area contributed by atoms with Crippen LogP contribution in [0.3, 0.4) is 0 Å². The molecule has 0 bridgehead atoms. The molecule has 0 radical (unpaired) electrons. The first-order valence-electron chi connectivity index (χ1n) is 10.4. The number of hydrogen-bond donors (Lipinski definition) is 1. The lowest BCUT2D eigenvalue weighted by Gasteiger charge is -2.40. The van der Waals surface area contributed by atoms with Crippen LogP contribution in [0.25, 0.3) is 0 Å². The first-order chi connectivity index (χ1) is 15.4. The normalized spacial score (nSPS) is 24.4. The smallest absolute Gasteiger partial charge is 0.359 e. The van der Waals surface area contributed by atoms with E-state index in [1.54, 1.807) is 11.0 Å². The summed E-state index contributed by atoms with van der Waals surface area (Å²) in [6.45, 7) is 3.17. The van der Waals surface area contributed by atoms with Crippen molar-refractivity contribution in [1.82, 2.24) is 15.0 Å².